The minimum absolute atomic E-state index is 0.151. The van der Waals surface area contributed by atoms with Crippen molar-refractivity contribution >= 4 is 17.7 Å². The summed E-state index contributed by atoms with van der Waals surface area (Å²) in [5.74, 6) is -0.212. The summed E-state index contributed by atoms with van der Waals surface area (Å²) in [5.41, 5.74) is -0.164. The lowest BCUT2D eigenvalue weighted by atomic mass is 10.1. The van der Waals surface area contributed by atoms with Crippen molar-refractivity contribution in [1.82, 2.24) is 5.32 Å². The van der Waals surface area contributed by atoms with E-state index in [1.807, 2.05) is 0 Å². The zero-order valence-electron chi connectivity index (χ0n) is 10.6. The van der Waals surface area contributed by atoms with Crippen LogP contribution in [0.5, 0.6) is 5.75 Å². The van der Waals surface area contributed by atoms with Gasteiger partial charge in [-0.3, -0.25) is 4.79 Å². The van der Waals surface area contributed by atoms with Crippen LogP contribution < -0.4 is 15.4 Å². The molecular formula is C13H16N2O4. The average molecular weight is 264 g/mol. The molecule has 6 heteroatoms. The smallest absolute Gasteiger partial charge is 0.319 e. The van der Waals surface area contributed by atoms with Crippen LogP contribution in [0.3, 0.4) is 0 Å². The van der Waals surface area contributed by atoms with E-state index in [4.69, 9.17) is 9.84 Å². The summed E-state index contributed by atoms with van der Waals surface area (Å²) in [6, 6.07) is 6.53. The fourth-order valence-electron chi connectivity index (χ4n) is 1.74. The quantitative estimate of drug-likeness (QED) is 0.755. The molecule has 0 aliphatic heterocycles. The van der Waals surface area contributed by atoms with Gasteiger partial charge in [0.05, 0.1) is 12.5 Å². The molecule has 6 nitrogen and oxygen atoms in total. The van der Waals surface area contributed by atoms with E-state index in [1.165, 1.54) is 0 Å². The molecule has 1 aromatic rings. The number of hydrogen-bond donors (Lipinski definition) is 3. The maximum Gasteiger partial charge on any atom is 0.319 e. The number of carbonyl (C=O) groups is 2. The van der Waals surface area contributed by atoms with Crippen LogP contribution in [0.25, 0.3) is 0 Å². The minimum atomic E-state index is -0.853. The third kappa shape index (κ3) is 3.15. The Bertz CT molecular complexity index is 497. The van der Waals surface area contributed by atoms with E-state index in [1.54, 1.807) is 31.4 Å². The van der Waals surface area contributed by atoms with Gasteiger partial charge in [0.25, 0.3) is 0 Å². The number of nitrogens with one attached hydrogen (secondary N) is 2. The Morgan fingerprint density at radius 2 is 2.16 bits per heavy atom. The highest BCUT2D eigenvalue weighted by molar-refractivity contribution is 5.90. The Balaban J connectivity index is 1.86. The van der Waals surface area contributed by atoms with Gasteiger partial charge >= 0.3 is 12.0 Å². The summed E-state index contributed by atoms with van der Waals surface area (Å²) < 4.78 is 5.04. The summed E-state index contributed by atoms with van der Waals surface area (Å²) >= 11 is 0. The number of carboxylic acids is 1. The Morgan fingerprint density at radius 1 is 1.42 bits per heavy atom. The summed E-state index contributed by atoms with van der Waals surface area (Å²) in [5, 5.41) is 14.2. The number of benzene rings is 1. The zero-order valence-corrected chi connectivity index (χ0v) is 10.6. The fourth-order valence-corrected chi connectivity index (χ4v) is 1.74. The molecule has 0 saturated heterocycles. The normalized spacial score (nSPS) is 15.4. The van der Waals surface area contributed by atoms with Gasteiger partial charge < -0.3 is 20.5 Å². The van der Waals surface area contributed by atoms with E-state index >= 15 is 0 Å². The van der Waals surface area contributed by atoms with Gasteiger partial charge in [-0.05, 0) is 25.0 Å². The second-order valence-electron chi connectivity index (χ2n) is 4.63. The predicted octanol–water partition coefficient (Wildman–Crippen LogP) is 1.68. The van der Waals surface area contributed by atoms with Gasteiger partial charge in [0.15, 0.2) is 0 Å². The van der Waals surface area contributed by atoms with Crippen LogP contribution in [0.4, 0.5) is 10.5 Å². The number of carboxylic acid groups (broad SMARTS) is 1. The van der Waals surface area contributed by atoms with Gasteiger partial charge in [-0.2, -0.15) is 0 Å². The minimum Gasteiger partial charge on any atom is -0.497 e. The Hall–Kier alpha value is -2.24. The molecule has 1 aromatic carbocycles. The van der Waals surface area contributed by atoms with Crippen LogP contribution in [-0.2, 0) is 4.79 Å². The first kappa shape index (κ1) is 13.2. The van der Waals surface area contributed by atoms with Crippen molar-refractivity contribution in [3.63, 3.8) is 0 Å². The molecule has 1 aliphatic rings. The van der Waals surface area contributed by atoms with Crippen molar-refractivity contribution in [1.29, 1.82) is 0 Å². The summed E-state index contributed by atoms with van der Waals surface area (Å²) in [6.45, 7) is 0.151. The summed E-state index contributed by atoms with van der Waals surface area (Å²) in [7, 11) is 1.54. The standard InChI is InChI=1S/C13H16N2O4/c1-19-10-4-2-3-9(7-10)15-12(18)14-8-13(5-6-13)11(16)17/h2-4,7H,5-6,8H2,1H3,(H,16,17)(H2,14,15,18). The summed E-state index contributed by atoms with van der Waals surface area (Å²) in [6.07, 6.45) is 1.23. The van der Waals surface area contributed by atoms with Crippen LogP contribution >= 0.6 is 0 Å². The van der Waals surface area contributed by atoms with Gasteiger partial charge in [-0.15, -0.1) is 0 Å². The number of urea groups is 1. The highest BCUT2D eigenvalue weighted by Crippen LogP contribution is 2.45. The molecule has 2 rings (SSSR count). The Kier molecular flexibility index (Phi) is 3.59. The molecular weight excluding hydrogens is 248 g/mol. The molecule has 0 aromatic heterocycles. The molecule has 0 spiro atoms. The second kappa shape index (κ2) is 5.17. The Morgan fingerprint density at radius 3 is 2.74 bits per heavy atom. The lowest BCUT2D eigenvalue weighted by Crippen LogP contribution is -2.36. The number of methoxy groups -OCH3 is 1. The first-order chi connectivity index (χ1) is 9.05. The lowest BCUT2D eigenvalue weighted by Gasteiger charge is -2.12. The van der Waals surface area contributed by atoms with Crippen LogP contribution in [-0.4, -0.2) is 30.8 Å². The molecule has 0 radical (unpaired) electrons. The monoisotopic (exact) mass is 264 g/mol. The molecule has 0 atom stereocenters. The van der Waals surface area contributed by atoms with Crippen LogP contribution in [0.2, 0.25) is 0 Å². The number of rotatable bonds is 5. The fraction of sp³-hybridized carbons (Fsp3) is 0.385. The molecule has 102 valence electrons. The third-order valence-electron chi connectivity index (χ3n) is 3.22. The van der Waals surface area contributed by atoms with Gasteiger partial charge in [0, 0.05) is 18.3 Å². The number of anilines is 1. The number of amides is 2. The molecule has 19 heavy (non-hydrogen) atoms. The molecule has 1 saturated carbocycles. The largest absolute Gasteiger partial charge is 0.497 e. The van der Waals surface area contributed by atoms with Crippen molar-refractivity contribution in [2.75, 3.05) is 19.0 Å². The van der Waals surface area contributed by atoms with E-state index in [9.17, 15) is 9.59 Å². The van der Waals surface area contributed by atoms with Crippen molar-refractivity contribution in [2.24, 2.45) is 5.41 Å². The SMILES string of the molecule is COc1cccc(NC(=O)NCC2(C(=O)O)CC2)c1. The lowest BCUT2D eigenvalue weighted by molar-refractivity contribution is -0.143. The van der Waals surface area contributed by atoms with Crippen LogP contribution in [0.1, 0.15) is 12.8 Å². The maximum atomic E-state index is 11.7. The number of carbonyl (C=O) groups excluding carboxylic acids is 1. The topological polar surface area (TPSA) is 87.7 Å². The predicted molar refractivity (Wildman–Crippen MR) is 69.3 cm³/mol. The van der Waals surface area contributed by atoms with Crippen LogP contribution in [0.15, 0.2) is 24.3 Å². The molecule has 1 aliphatic carbocycles. The van der Waals surface area contributed by atoms with Gasteiger partial charge in [-0.1, -0.05) is 6.07 Å². The molecule has 3 N–H and O–H groups in total. The summed E-state index contributed by atoms with van der Waals surface area (Å²) in [4.78, 5) is 22.6. The van der Waals surface area contributed by atoms with Gasteiger partial charge in [0.1, 0.15) is 5.75 Å². The highest BCUT2D eigenvalue weighted by atomic mass is 16.5. The molecule has 1 fully saturated rings. The van der Waals surface area contributed by atoms with E-state index in [0.717, 1.165) is 0 Å². The van der Waals surface area contributed by atoms with Crippen molar-refractivity contribution in [3.8, 4) is 5.75 Å². The van der Waals surface area contributed by atoms with E-state index < -0.39 is 17.4 Å². The highest BCUT2D eigenvalue weighted by Gasteiger charge is 2.50. The number of ether oxygens (including phenoxy) is 1. The average Bonchev–Trinajstić information content (AvgIpc) is 3.18. The van der Waals surface area contributed by atoms with Crippen LogP contribution in [0, 0.1) is 5.41 Å². The molecule has 0 heterocycles. The number of hydrogen-bond acceptors (Lipinski definition) is 3. The van der Waals surface area contributed by atoms with Gasteiger partial charge in [0.2, 0.25) is 0 Å². The third-order valence-corrected chi connectivity index (χ3v) is 3.22. The van der Waals surface area contributed by atoms with Gasteiger partial charge in [-0.25, -0.2) is 4.79 Å². The molecule has 0 unspecified atom stereocenters. The first-order valence-electron chi connectivity index (χ1n) is 5.98. The van der Waals surface area contributed by atoms with Crippen molar-refractivity contribution < 1.29 is 19.4 Å². The second-order valence-corrected chi connectivity index (χ2v) is 4.63. The van der Waals surface area contributed by atoms with E-state index in [-0.39, 0.29) is 6.54 Å². The van der Waals surface area contributed by atoms with E-state index in [2.05, 4.69) is 10.6 Å². The molecule has 2 amide bonds. The Labute approximate surface area is 110 Å². The van der Waals surface area contributed by atoms with Crippen molar-refractivity contribution in [2.45, 2.75) is 12.8 Å². The maximum absolute atomic E-state index is 11.7. The number of aliphatic carboxylic acids is 1. The molecule has 0 bridgehead atoms. The van der Waals surface area contributed by atoms with E-state index in [0.29, 0.717) is 24.3 Å². The van der Waals surface area contributed by atoms with Crippen molar-refractivity contribution in [3.05, 3.63) is 24.3 Å². The zero-order chi connectivity index (χ0) is 13.9. The first-order valence-corrected chi connectivity index (χ1v) is 5.98.